The van der Waals surface area contributed by atoms with Gasteiger partial charge < -0.3 is 9.85 Å². The topological polar surface area (TPSA) is 23.1 Å². The molecule has 0 bridgehead atoms. The van der Waals surface area contributed by atoms with E-state index in [1.54, 1.807) is 18.8 Å². The van der Waals surface area contributed by atoms with Gasteiger partial charge in [-0.05, 0) is 6.92 Å². The quantitative estimate of drug-likeness (QED) is 0.524. The van der Waals surface area contributed by atoms with Crippen LogP contribution in [0, 0.1) is 5.21 Å². The van der Waals surface area contributed by atoms with Crippen molar-refractivity contribution in [2.75, 3.05) is 12.8 Å². The first-order chi connectivity index (χ1) is 6.62. The Hall–Kier alpha value is -0.510. The molecule has 0 aliphatic carbocycles. The van der Waals surface area contributed by atoms with E-state index in [2.05, 4.69) is 0 Å². The molecule has 2 nitrogen and oxygen atoms in total. The average Bonchev–Trinajstić information content (AvgIpc) is 2.44. The van der Waals surface area contributed by atoms with Crippen molar-refractivity contribution in [3.05, 3.63) is 41.1 Å². The Morgan fingerprint density at radius 1 is 1.36 bits per heavy atom. The number of quaternary nitrogens is 1. The van der Waals surface area contributed by atoms with Gasteiger partial charge in [-0.25, -0.2) is 0 Å². The van der Waals surface area contributed by atoms with E-state index >= 15 is 0 Å². The minimum atomic E-state index is -0.144. The van der Waals surface area contributed by atoms with Gasteiger partial charge in [-0.15, -0.1) is 0 Å². The summed E-state index contributed by atoms with van der Waals surface area (Å²) in [6, 6.07) is 10.3. The Morgan fingerprint density at radius 3 is 2.50 bits per heavy atom. The van der Waals surface area contributed by atoms with Gasteiger partial charge in [-0.1, -0.05) is 42.1 Å². The van der Waals surface area contributed by atoms with Gasteiger partial charge in [0.15, 0.2) is 5.37 Å². The normalized spacial score (nSPS) is 37.4. The molecule has 1 aliphatic rings. The van der Waals surface area contributed by atoms with Gasteiger partial charge in [-0.2, -0.15) is 0 Å². The molecule has 0 radical (unpaired) electrons. The van der Waals surface area contributed by atoms with Crippen LogP contribution in [-0.4, -0.2) is 23.5 Å². The molecular formula is C11H15NOS. The first kappa shape index (κ1) is 10.0. The molecule has 76 valence electrons. The summed E-state index contributed by atoms with van der Waals surface area (Å²) < 4.78 is -0.144. The highest BCUT2D eigenvalue weighted by atomic mass is 32.2. The molecule has 1 aromatic rings. The van der Waals surface area contributed by atoms with Gasteiger partial charge in [0.1, 0.15) is 0 Å². The van der Waals surface area contributed by atoms with Crippen LogP contribution in [0.15, 0.2) is 30.3 Å². The molecule has 0 N–H and O–H groups in total. The molecule has 14 heavy (non-hydrogen) atoms. The maximum Gasteiger partial charge on any atom is 0.161 e. The lowest BCUT2D eigenvalue weighted by Crippen LogP contribution is -2.42. The second-order valence-electron chi connectivity index (χ2n) is 4.00. The third kappa shape index (κ3) is 1.56. The molecule has 3 heteroatoms. The molecule has 0 aromatic heterocycles. The zero-order chi connectivity index (χ0) is 10.2. The van der Waals surface area contributed by atoms with E-state index in [9.17, 15) is 5.21 Å². The van der Waals surface area contributed by atoms with E-state index in [0.29, 0.717) is 0 Å². The zero-order valence-corrected chi connectivity index (χ0v) is 9.33. The molecular weight excluding hydrogens is 194 g/mol. The first-order valence-corrected chi connectivity index (χ1v) is 5.90. The standard InChI is InChI=1S/C11H15NOS/c1-9-8-14-11(12(9,2)13)10-6-4-3-5-7-10/h3-7,9,11H,8H2,1-2H3/t9-,11-,12-/m1/s1. The van der Waals surface area contributed by atoms with Gasteiger partial charge in [0.2, 0.25) is 0 Å². The molecule has 3 atom stereocenters. The van der Waals surface area contributed by atoms with E-state index in [4.69, 9.17) is 0 Å². The van der Waals surface area contributed by atoms with Crippen molar-refractivity contribution < 1.29 is 4.65 Å². The van der Waals surface area contributed by atoms with Gasteiger partial charge in [0.05, 0.1) is 18.8 Å². The highest BCUT2D eigenvalue weighted by Gasteiger charge is 2.38. The Bertz CT molecular complexity index is 312. The number of hydrogen-bond acceptors (Lipinski definition) is 2. The number of hydroxylamine groups is 3. The smallest absolute Gasteiger partial charge is 0.161 e. The summed E-state index contributed by atoms with van der Waals surface area (Å²) in [5, 5.41) is 12.3. The molecule has 2 rings (SSSR count). The van der Waals surface area contributed by atoms with Crippen molar-refractivity contribution in [3.63, 3.8) is 0 Å². The van der Waals surface area contributed by atoms with Crippen LogP contribution in [0.3, 0.4) is 0 Å². The summed E-state index contributed by atoms with van der Waals surface area (Å²) in [5.74, 6) is 0.958. The summed E-state index contributed by atoms with van der Waals surface area (Å²) in [6.45, 7) is 2.03. The fraction of sp³-hybridized carbons (Fsp3) is 0.455. The Labute approximate surface area is 89.1 Å². The van der Waals surface area contributed by atoms with Crippen LogP contribution in [0.1, 0.15) is 17.9 Å². The van der Waals surface area contributed by atoms with E-state index in [1.165, 1.54) is 0 Å². The van der Waals surface area contributed by atoms with Crippen LogP contribution < -0.4 is 0 Å². The molecule has 0 spiro atoms. The van der Waals surface area contributed by atoms with Crippen LogP contribution in [0.25, 0.3) is 0 Å². The van der Waals surface area contributed by atoms with Crippen LogP contribution in [0.2, 0.25) is 0 Å². The third-order valence-electron chi connectivity index (χ3n) is 2.92. The Kier molecular flexibility index (Phi) is 2.56. The monoisotopic (exact) mass is 209 g/mol. The van der Waals surface area contributed by atoms with Crippen molar-refractivity contribution in [1.29, 1.82) is 0 Å². The number of nitrogens with zero attached hydrogens (tertiary/aromatic N) is 1. The minimum absolute atomic E-state index is 0.0613. The average molecular weight is 209 g/mol. The van der Waals surface area contributed by atoms with E-state index < -0.39 is 0 Å². The van der Waals surface area contributed by atoms with Gasteiger partial charge in [0.25, 0.3) is 0 Å². The lowest BCUT2D eigenvalue weighted by molar-refractivity contribution is -0.891. The van der Waals surface area contributed by atoms with Gasteiger partial charge in [-0.3, -0.25) is 0 Å². The number of benzene rings is 1. The second kappa shape index (κ2) is 3.57. The fourth-order valence-corrected chi connectivity index (χ4v) is 3.38. The van der Waals surface area contributed by atoms with Crippen molar-refractivity contribution >= 4 is 11.8 Å². The van der Waals surface area contributed by atoms with Crippen LogP contribution in [0.5, 0.6) is 0 Å². The van der Waals surface area contributed by atoms with Crippen molar-refractivity contribution in [3.8, 4) is 0 Å². The number of thioether (sulfide) groups is 1. The highest BCUT2D eigenvalue weighted by Crippen LogP contribution is 2.45. The maximum absolute atomic E-state index is 12.3. The van der Waals surface area contributed by atoms with E-state index in [1.807, 2.05) is 37.3 Å². The van der Waals surface area contributed by atoms with Crippen LogP contribution in [0.4, 0.5) is 0 Å². The van der Waals surface area contributed by atoms with Crippen LogP contribution >= 0.6 is 11.8 Å². The number of hydrogen-bond donors (Lipinski definition) is 0. The van der Waals surface area contributed by atoms with Crippen molar-refractivity contribution in [1.82, 2.24) is 0 Å². The fourth-order valence-electron chi connectivity index (χ4n) is 1.77. The summed E-state index contributed by atoms with van der Waals surface area (Å²) in [5.41, 5.74) is 1.15. The molecule has 1 saturated heterocycles. The predicted octanol–water partition coefficient (Wildman–Crippen LogP) is 2.76. The minimum Gasteiger partial charge on any atom is -0.632 e. The SMILES string of the molecule is C[C@@H]1CS[C@H](c2ccccc2)[N@+]1(C)[O-]. The molecule has 1 heterocycles. The molecule has 1 aromatic carbocycles. The van der Waals surface area contributed by atoms with Crippen LogP contribution in [-0.2, 0) is 0 Å². The first-order valence-electron chi connectivity index (χ1n) is 4.86. The van der Waals surface area contributed by atoms with Gasteiger partial charge >= 0.3 is 0 Å². The molecule has 0 saturated carbocycles. The van der Waals surface area contributed by atoms with Crippen molar-refractivity contribution in [2.24, 2.45) is 0 Å². The Morgan fingerprint density at radius 2 is 2.00 bits per heavy atom. The summed E-state index contributed by atoms with van der Waals surface area (Å²) in [4.78, 5) is 0. The molecule has 1 fully saturated rings. The lowest BCUT2D eigenvalue weighted by atomic mass is 10.2. The number of rotatable bonds is 1. The summed E-state index contributed by atoms with van der Waals surface area (Å²) in [7, 11) is 1.78. The highest BCUT2D eigenvalue weighted by molar-refractivity contribution is 7.99. The van der Waals surface area contributed by atoms with E-state index in [0.717, 1.165) is 11.3 Å². The lowest BCUT2D eigenvalue weighted by Gasteiger charge is -2.43. The summed E-state index contributed by atoms with van der Waals surface area (Å²) >= 11 is 1.77. The third-order valence-corrected chi connectivity index (χ3v) is 4.60. The zero-order valence-electron chi connectivity index (χ0n) is 8.51. The molecule has 0 amide bonds. The second-order valence-corrected chi connectivity index (χ2v) is 5.12. The maximum atomic E-state index is 12.3. The predicted molar refractivity (Wildman–Crippen MR) is 60.7 cm³/mol. The van der Waals surface area contributed by atoms with Gasteiger partial charge in [0, 0.05) is 5.56 Å². The molecule has 1 aliphatic heterocycles. The van der Waals surface area contributed by atoms with Crippen molar-refractivity contribution in [2.45, 2.75) is 18.3 Å². The van der Waals surface area contributed by atoms with E-state index in [-0.39, 0.29) is 16.1 Å². The summed E-state index contributed by atoms with van der Waals surface area (Å²) in [6.07, 6.45) is 0. The Balaban J connectivity index is 2.29. The largest absolute Gasteiger partial charge is 0.632 e. The molecule has 0 unspecified atom stereocenters.